The molecule has 0 aliphatic heterocycles. The van der Waals surface area contributed by atoms with E-state index in [1.807, 2.05) is 0 Å². The van der Waals surface area contributed by atoms with Crippen LogP contribution >= 0.6 is 0 Å². The number of imidazole rings is 1. The summed E-state index contributed by atoms with van der Waals surface area (Å²) in [5, 5.41) is 0. The normalized spacial score (nSPS) is 11.9. The van der Waals surface area contributed by atoms with Gasteiger partial charge >= 0.3 is 11.9 Å². The number of hydrogen-bond donors (Lipinski definition) is 2. The lowest BCUT2D eigenvalue weighted by Gasteiger charge is -2.06. The van der Waals surface area contributed by atoms with Crippen LogP contribution in [-0.2, 0) is 4.74 Å². The Labute approximate surface area is 104 Å². The largest absolute Gasteiger partial charge is 0.411 e. The third kappa shape index (κ3) is 3.44. The number of nitrogens with one attached hydrogen (secondary N) is 2. The van der Waals surface area contributed by atoms with Crippen molar-refractivity contribution in [2.24, 2.45) is 0 Å². The van der Waals surface area contributed by atoms with Gasteiger partial charge in [-0.2, -0.15) is 13.2 Å². The van der Waals surface area contributed by atoms with Gasteiger partial charge in [0.15, 0.2) is 5.78 Å². The number of carbonyl (C=O) groups is 1. The number of rotatable bonds is 4. The van der Waals surface area contributed by atoms with Crippen LogP contribution in [-0.4, -0.2) is 35.1 Å². The molecule has 2 rings (SSSR count). The number of hydrogen-bond acceptors (Lipinski definition) is 3. The second kappa shape index (κ2) is 4.88. The second-order valence-corrected chi connectivity index (χ2v) is 3.87. The van der Waals surface area contributed by atoms with Gasteiger partial charge in [0, 0.05) is 5.56 Å². The smallest absolute Gasteiger partial charge is 0.364 e. The third-order valence-electron chi connectivity index (χ3n) is 2.34. The van der Waals surface area contributed by atoms with Gasteiger partial charge in [-0.1, -0.05) is 0 Å². The maximum Gasteiger partial charge on any atom is 0.411 e. The van der Waals surface area contributed by atoms with E-state index in [1.165, 1.54) is 18.2 Å². The van der Waals surface area contributed by atoms with E-state index in [9.17, 15) is 22.8 Å². The van der Waals surface area contributed by atoms with Crippen LogP contribution in [0.5, 0.6) is 0 Å². The van der Waals surface area contributed by atoms with Gasteiger partial charge in [0.25, 0.3) is 0 Å². The molecule has 0 unspecified atom stereocenters. The minimum Gasteiger partial charge on any atom is -0.364 e. The quantitative estimate of drug-likeness (QED) is 0.832. The summed E-state index contributed by atoms with van der Waals surface area (Å²) >= 11 is 0. The Hall–Kier alpha value is -2.09. The number of aromatic amines is 2. The number of alkyl halides is 3. The molecule has 2 aromatic rings. The summed E-state index contributed by atoms with van der Waals surface area (Å²) in [7, 11) is 0. The molecule has 0 saturated carbocycles. The molecule has 0 aliphatic rings. The van der Waals surface area contributed by atoms with Crippen molar-refractivity contribution < 1.29 is 22.7 Å². The van der Waals surface area contributed by atoms with Gasteiger partial charge in [-0.05, 0) is 18.2 Å². The number of halogens is 3. The number of benzene rings is 1. The van der Waals surface area contributed by atoms with E-state index in [2.05, 4.69) is 14.7 Å². The average molecular weight is 274 g/mol. The lowest BCUT2D eigenvalue weighted by atomic mass is 10.1. The molecular formula is C11H9F3N2O3. The Kier molecular flexibility index (Phi) is 3.43. The highest BCUT2D eigenvalue weighted by molar-refractivity contribution is 5.99. The van der Waals surface area contributed by atoms with Gasteiger partial charge in [0.05, 0.1) is 11.0 Å². The molecule has 2 N–H and O–H groups in total. The van der Waals surface area contributed by atoms with E-state index in [-0.39, 0.29) is 5.56 Å². The molecule has 0 radical (unpaired) electrons. The number of ketones is 1. The van der Waals surface area contributed by atoms with Gasteiger partial charge in [0.1, 0.15) is 13.2 Å². The number of carbonyl (C=O) groups excluding carboxylic acids is 1. The lowest BCUT2D eigenvalue weighted by molar-refractivity contribution is -0.170. The van der Waals surface area contributed by atoms with Gasteiger partial charge < -0.3 is 14.7 Å². The van der Waals surface area contributed by atoms with E-state index in [4.69, 9.17) is 0 Å². The van der Waals surface area contributed by atoms with Crippen molar-refractivity contribution in [3.8, 4) is 0 Å². The highest BCUT2D eigenvalue weighted by Crippen LogP contribution is 2.15. The number of ether oxygens (including phenoxy) is 1. The first-order valence-electron chi connectivity index (χ1n) is 5.25. The van der Waals surface area contributed by atoms with E-state index < -0.39 is 30.9 Å². The fourth-order valence-corrected chi connectivity index (χ4v) is 1.55. The van der Waals surface area contributed by atoms with E-state index in [1.54, 1.807) is 0 Å². The molecular weight excluding hydrogens is 265 g/mol. The molecule has 1 heterocycles. The van der Waals surface area contributed by atoms with Crippen molar-refractivity contribution in [1.82, 2.24) is 9.97 Å². The van der Waals surface area contributed by atoms with Crippen LogP contribution in [0.4, 0.5) is 13.2 Å². The van der Waals surface area contributed by atoms with Crippen molar-refractivity contribution >= 4 is 16.8 Å². The minimum atomic E-state index is -4.46. The van der Waals surface area contributed by atoms with Gasteiger partial charge in [-0.3, -0.25) is 4.79 Å². The molecule has 0 bridgehead atoms. The first kappa shape index (κ1) is 13.3. The van der Waals surface area contributed by atoms with Crippen LogP contribution in [0.25, 0.3) is 11.0 Å². The van der Waals surface area contributed by atoms with Crippen LogP contribution in [0.3, 0.4) is 0 Å². The number of fused-ring (bicyclic) bond motifs is 1. The van der Waals surface area contributed by atoms with Crippen molar-refractivity contribution in [3.63, 3.8) is 0 Å². The predicted molar refractivity (Wildman–Crippen MR) is 60.1 cm³/mol. The summed E-state index contributed by atoms with van der Waals surface area (Å²) in [6.07, 6.45) is -4.46. The molecule has 5 nitrogen and oxygen atoms in total. The van der Waals surface area contributed by atoms with Gasteiger partial charge in [-0.15, -0.1) is 0 Å². The zero-order valence-corrected chi connectivity index (χ0v) is 9.50. The maximum atomic E-state index is 11.8. The summed E-state index contributed by atoms with van der Waals surface area (Å²) < 4.78 is 39.8. The topological polar surface area (TPSA) is 75.0 Å². The minimum absolute atomic E-state index is 0.171. The average Bonchev–Trinajstić information content (AvgIpc) is 2.65. The van der Waals surface area contributed by atoms with Gasteiger partial charge in [0.2, 0.25) is 0 Å². The van der Waals surface area contributed by atoms with Crippen LogP contribution in [0.2, 0.25) is 0 Å². The molecule has 0 amide bonds. The fraction of sp³-hybridized carbons (Fsp3) is 0.273. The van der Waals surface area contributed by atoms with E-state index in [0.29, 0.717) is 11.0 Å². The summed E-state index contributed by atoms with van der Waals surface area (Å²) in [6.45, 7) is -2.14. The predicted octanol–water partition coefficient (Wildman–Crippen LogP) is 1.62. The van der Waals surface area contributed by atoms with Crippen molar-refractivity contribution in [2.75, 3.05) is 13.2 Å². The summed E-state index contributed by atoms with van der Waals surface area (Å²) in [4.78, 5) is 27.5. The first-order valence-corrected chi connectivity index (χ1v) is 5.25. The zero-order chi connectivity index (χ0) is 14.0. The molecule has 102 valence electrons. The van der Waals surface area contributed by atoms with Crippen LogP contribution < -0.4 is 5.69 Å². The van der Waals surface area contributed by atoms with Gasteiger partial charge in [-0.25, -0.2) is 4.79 Å². The number of Topliss-reactive ketones (excluding diaryl/α,β-unsaturated/α-hetero) is 1. The molecule has 0 aliphatic carbocycles. The Morgan fingerprint density at radius 2 is 1.89 bits per heavy atom. The number of H-pyrrole nitrogens is 2. The van der Waals surface area contributed by atoms with Crippen molar-refractivity contribution in [3.05, 3.63) is 34.2 Å². The summed E-state index contributed by atoms with van der Waals surface area (Å²) in [6, 6.07) is 4.28. The third-order valence-corrected chi connectivity index (χ3v) is 2.34. The first-order chi connectivity index (χ1) is 8.85. The highest BCUT2D eigenvalue weighted by Gasteiger charge is 2.27. The molecule has 0 spiro atoms. The lowest BCUT2D eigenvalue weighted by Crippen LogP contribution is -2.20. The van der Waals surface area contributed by atoms with Crippen LogP contribution in [0.1, 0.15) is 10.4 Å². The standard InChI is InChI=1S/C11H9F3N2O3/c12-11(13,14)5-19-4-9(17)6-1-2-7-8(3-6)16-10(18)15-7/h1-3H,4-5H2,(H2,15,16,18). The van der Waals surface area contributed by atoms with E-state index in [0.717, 1.165) is 0 Å². The monoisotopic (exact) mass is 274 g/mol. The fourth-order valence-electron chi connectivity index (χ4n) is 1.55. The summed E-state index contributed by atoms with van der Waals surface area (Å²) in [5.41, 5.74) is 0.669. The second-order valence-electron chi connectivity index (χ2n) is 3.87. The van der Waals surface area contributed by atoms with Crippen molar-refractivity contribution in [2.45, 2.75) is 6.18 Å². The van der Waals surface area contributed by atoms with Crippen LogP contribution in [0.15, 0.2) is 23.0 Å². The molecule has 0 atom stereocenters. The Bertz CT molecular complexity index is 657. The maximum absolute atomic E-state index is 11.8. The summed E-state index contributed by atoms with van der Waals surface area (Å²) in [5.74, 6) is -0.590. The highest BCUT2D eigenvalue weighted by atomic mass is 19.4. The molecule has 1 aromatic carbocycles. The Morgan fingerprint density at radius 1 is 1.21 bits per heavy atom. The molecule has 0 fully saturated rings. The molecule has 19 heavy (non-hydrogen) atoms. The van der Waals surface area contributed by atoms with Crippen molar-refractivity contribution in [1.29, 1.82) is 0 Å². The zero-order valence-electron chi connectivity index (χ0n) is 9.50. The number of aromatic nitrogens is 2. The van der Waals surface area contributed by atoms with E-state index >= 15 is 0 Å². The molecule has 8 heteroatoms. The molecule has 1 aromatic heterocycles. The SMILES string of the molecule is O=C(COCC(F)(F)F)c1ccc2[nH]c(=O)[nH]c2c1. The van der Waals surface area contributed by atoms with Crippen LogP contribution in [0, 0.1) is 0 Å². The Morgan fingerprint density at radius 3 is 2.58 bits per heavy atom. The Balaban J connectivity index is 2.07. The molecule has 0 saturated heterocycles.